The maximum absolute atomic E-state index is 12.1. The van der Waals surface area contributed by atoms with Gasteiger partial charge < -0.3 is 20.1 Å². The van der Waals surface area contributed by atoms with Crippen LogP contribution in [0.15, 0.2) is 66.7 Å². The van der Waals surface area contributed by atoms with Crippen LogP contribution in [0.2, 0.25) is 0 Å². The van der Waals surface area contributed by atoms with Crippen molar-refractivity contribution in [2.45, 2.75) is 0 Å². The van der Waals surface area contributed by atoms with E-state index in [4.69, 9.17) is 16.0 Å². The molecule has 40 heavy (non-hydrogen) atoms. The van der Waals surface area contributed by atoms with Crippen LogP contribution in [0.5, 0.6) is 0 Å². The van der Waals surface area contributed by atoms with Gasteiger partial charge in [-0.05, 0) is 45.9 Å². The van der Waals surface area contributed by atoms with Gasteiger partial charge >= 0.3 is 17.6 Å². The lowest BCUT2D eigenvalue weighted by molar-refractivity contribution is 0.0442. The normalized spacial score (nSPS) is 15.9. The summed E-state index contributed by atoms with van der Waals surface area (Å²) in [4.78, 5) is 32.4. The SMILES string of the molecule is C#[N+]c1ccc2ccccc2c1.O=C(OCCN1CCNCC1)c1ccc(C(=O)OCCN2CCNCC2)cc1. The number of benzene rings is 3. The average Bonchev–Trinajstić information content (AvgIpc) is 3.02. The predicted molar refractivity (Wildman–Crippen MR) is 158 cm³/mol. The molecule has 0 spiro atoms. The van der Waals surface area contributed by atoms with Crippen molar-refractivity contribution >= 4 is 28.4 Å². The number of fused-ring (bicyclic) bond motifs is 1. The first-order chi connectivity index (χ1) is 19.6. The Bertz CT molecular complexity index is 1220. The average molecular weight is 545 g/mol. The van der Waals surface area contributed by atoms with Crippen molar-refractivity contribution in [3.63, 3.8) is 0 Å². The van der Waals surface area contributed by atoms with Gasteiger partial charge in [-0.2, -0.15) is 0 Å². The second-order valence-electron chi connectivity index (χ2n) is 9.69. The Morgan fingerprint density at radius 3 is 1.65 bits per heavy atom. The molecule has 0 aromatic heterocycles. The molecule has 2 fully saturated rings. The number of esters is 2. The van der Waals surface area contributed by atoms with Crippen LogP contribution in [0, 0.1) is 6.57 Å². The Hall–Kier alpha value is -3.81. The Morgan fingerprint density at radius 1 is 0.700 bits per heavy atom. The molecule has 3 aromatic carbocycles. The minimum absolute atomic E-state index is 0.367. The second kappa shape index (κ2) is 15.7. The van der Waals surface area contributed by atoms with Crippen molar-refractivity contribution in [2.24, 2.45) is 0 Å². The van der Waals surface area contributed by atoms with Gasteiger partial charge in [0, 0.05) is 77.6 Å². The van der Waals surface area contributed by atoms with Crippen LogP contribution < -0.4 is 10.6 Å². The molecular weight excluding hydrogens is 506 g/mol. The van der Waals surface area contributed by atoms with E-state index in [1.54, 1.807) is 24.3 Å². The number of rotatable bonds is 8. The monoisotopic (exact) mass is 544 g/mol. The van der Waals surface area contributed by atoms with Crippen LogP contribution in [0.3, 0.4) is 0 Å². The predicted octanol–water partition coefficient (Wildman–Crippen LogP) is 3.24. The summed E-state index contributed by atoms with van der Waals surface area (Å²) < 4.78 is 10.7. The van der Waals surface area contributed by atoms with E-state index in [-0.39, 0.29) is 11.9 Å². The standard InChI is InChI=1S/C20H30N4O4.C11H8N/c25-19(27-15-13-23-9-5-21-6-10-23)17-1-2-18(4-3-17)20(26)28-16-14-24-11-7-22-8-12-24;1-12-11-7-6-9-4-2-3-5-10(9)8-11/h1-4,21-22H,5-16H2;1-8H/q;+1. The fourth-order valence-corrected chi connectivity index (χ4v) is 4.57. The first kappa shape index (κ1) is 29.2. The summed E-state index contributed by atoms with van der Waals surface area (Å²) in [6.07, 6.45) is 0. The van der Waals surface area contributed by atoms with E-state index in [0.717, 1.165) is 71.1 Å². The third-order valence-corrected chi connectivity index (χ3v) is 6.94. The molecule has 0 aliphatic carbocycles. The summed E-state index contributed by atoms with van der Waals surface area (Å²) in [5.41, 5.74) is 1.70. The zero-order valence-corrected chi connectivity index (χ0v) is 22.9. The number of hydrogen-bond donors (Lipinski definition) is 2. The fourth-order valence-electron chi connectivity index (χ4n) is 4.57. The summed E-state index contributed by atoms with van der Waals surface area (Å²) >= 11 is 0. The molecule has 9 heteroatoms. The lowest BCUT2D eigenvalue weighted by Gasteiger charge is -2.26. The fraction of sp³-hybridized carbons (Fsp3) is 0.387. The van der Waals surface area contributed by atoms with E-state index >= 15 is 0 Å². The van der Waals surface area contributed by atoms with Crippen molar-refractivity contribution < 1.29 is 19.1 Å². The van der Waals surface area contributed by atoms with Gasteiger partial charge in [0.05, 0.1) is 11.1 Å². The summed E-state index contributed by atoms with van der Waals surface area (Å²) in [6, 6.07) is 20.5. The molecule has 9 nitrogen and oxygen atoms in total. The topological polar surface area (TPSA) is 87.5 Å². The first-order valence-electron chi connectivity index (χ1n) is 13.8. The third kappa shape index (κ3) is 9.14. The summed E-state index contributed by atoms with van der Waals surface area (Å²) in [7, 11) is 0. The van der Waals surface area contributed by atoms with E-state index in [1.165, 1.54) is 10.8 Å². The van der Waals surface area contributed by atoms with Crippen molar-refractivity contribution in [1.82, 2.24) is 20.4 Å². The van der Waals surface area contributed by atoms with Crippen LogP contribution in [0.4, 0.5) is 5.69 Å². The zero-order valence-electron chi connectivity index (χ0n) is 22.9. The second-order valence-corrected chi connectivity index (χ2v) is 9.69. The molecule has 0 radical (unpaired) electrons. The van der Waals surface area contributed by atoms with E-state index in [0.29, 0.717) is 24.3 Å². The van der Waals surface area contributed by atoms with E-state index in [1.807, 2.05) is 36.4 Å². The lowest BCUT2D eigenvalue weighted by atomic mass is 10.1. The molecule has 2 aliphatic heterocycles. The van der Waals surface area contributed by atoms with E-state index < -0.39 is 0 Å². The van der Waals surface area contributed by atoms with Gasteiger partial charge in [0.2, 0.25) is 0 Å². The van der Waals surface area contributed by atoms with Gasteiger partial charge in [0.1, 0.15) is 13.2 Å². The number of nitrogens with one attached hydrogen (secondary N) is 2. The Kier molecular flexibility index (Phi) is 11.5. The highest BCUT2D eigenvalue weighted by atomic mass is 16.5. The number of hydrogen-bond acceptors (Lipinski definition) is 8. The maximum atomic E-state index is 12.1. The lowest BCUT2D eigenvalue weighted by Crippen LogP contribution is -2.44. The van der Waals surface area contributed by atoms with Gasteiger partial charge in [-0.1, -0.05) is 24.3 Å². The van der Waals surface area contributed by atoms with Crippen molar-refractivity contribution in [1.29, 1.82) is 0 Å². The third-order valence-electron chi connectivity index (χ3n) is 6.94. The quantitative estimate of drug-likeness (QED) is 0.418. The van der Waals surface area contributed by atoms with Crippen LogP contribution in [0.25, 0.3) is 15.6 Å². The zero-order chi connectivity index (χ0) is 28.0. The molecule has 2 aliphatic rings. The molecule has 0 bridgehead atoms. The summed E-state index contributed by atoms with van der Waals surface area (Å²) in [5, 5.41) is 8.97. The molecule has 3 aromatic rings. The number of carbonyl (C=O) groups excluding carboxylic acids is 2. The Morgan fingerprint density at radius 2 is 1.18 bits per heavy atom. The minimum Gasteiger partial charge on any atom is -0.461 e. The smallest absolute Gasteiger partial charge is 0.340 e. The van der Waals surface area contributed by atoms with Crippen LogP contribution in [0.1, 0.15) is 20.7 Å². The highest BCUT2D eigenvalue weighted by Gasteiger charge is 2.14. The number of ether oxygens (including phenoxy) is 2. The van der Waals surface area contributed by atoms with E-state index in [2.05, 4.69) is 31.3 Å². The molecular formula is C31H38N5O4+. The molecule has 2 saturated heterocycles. The first-order valence-corrected chi connectivity index (χ1v) is 13.8. The summed E-state index contributed by atoms with van der Waals surface area (Å²) in [6.45, 7) is 15.2. The van der Waals surface area contributed by atoms with Crippen LogP contribution in [-0.2, 0) is 9.47 Å². The number of nitrogens with zero attached hydrogens (tertiary/aromatic N) is 3. The van der Waals surface area contributed by atoms with Gasteiger partial charge in [-0.3, -0.25) is 9.80 Å². The maximum Gasteiger partial charge on any atom is 0.340 e. The molecule has 0 atom stereocenters. The Labute approximate surface area is 235 Å². The number of carbonyl (C=O) groups is 2. The largest absolute Gasteiger partial charge is 0.461 e. The van der Waals surface area contributed by atoms with E-state index in [9.17, 15) is 9.59 Å². The van der Waals surface area contributed by atoms with Crippen molar-refractivity contribution in [2.75, 3.05) is 78.7 Å². The van der Waals surface area contributed by atoms with Crippen LogP contribution in [-0.4, -0.2) is 100 Å². The molecule has 2 N–H and O–H groups in total. The highest BCUT2D eigenvalue weighted by molar-refractivity contribution is 5.93. The molecule has 0 unspecified atom stereocenters. The van der Waals surface area contributed by atoms with Crippen molar-refractivity contribution in [3.8, 4) is 6.57 Å². The molecule has 5 rings (SSSR count). The van der Waals surface area contributed by atoms with Crippen molar-refractivity contribution in [3.05, 3.63) is 82.7 Å². The number of piperazine rings is 2. The van der Waals surface area contributed by atoms with Gasteiger partial charge in [0.15, 0.2) is 0 Å². The molecule has 0 amide bonds. The van der Waals surface area contributed by atoms with Gasteiger partial charge in [-0.15, -0.1) is 0 Å². The molecule has 210 valence electrons. The minimum atomic E-state index is -0.367. The Balaban J connectivity index is 0.000000255. The molecule has 2 heterocycles. The molecule has 0 saturated carbocycles. The summed E-state index contributed by atoms with van der Waals surface area (Å²) in [5.74, 6) is -0.734. The van der Waals surface area contributed by atoms with Crippen LogP contribution >= 0.6 is 0 Å². The highest BCUT2D eigenvalue weighted by Crippen LogP contribution is 2.20. The van der Waals surface area contributed by atoms with Gasteiger partial charge in [-0.25, -0.2) is 9.59 Å². The van der Waals surface area contributed by atoms with Gasteiger partial charge in [0.25, 0.3) is 6.57 Å².